The third kappa shape index (κ3) is 6.47. The van der Waals surface area contributed by atoms with Crippen LogP contribution in [0.4, 0.5) is 13.2 Å². The van der Waals surface area contributed by atoms with Crippen LogP contribution in [-0.2, 0) is 21.0 Å². The lowest BCUT2D eigenvalue weighted by molar-refractivity contribution is -0.141. The van der Waals surface area contributed by atoms with E-state index in [0.29, 0.717) is 35.2 Å². The first-order valence-electron chi connectivity index (χ1n) is 12.8. The Balaban J connectivity index is 1.69. The molecule has 2 heterocycles. The Kier molecular flexibility index (Phi) is 8.61. The number of aromatic amines is 1. The SMILES string of the molecule is CC(C)c1cc(OCCCCCC(=O)O)cc2c1C(=O)N(C(Oc1cc(C(F)(F)F)[nH]n1)c1ccccc1)S2(=O)=O. The summed E-state index contributed by atoms with van der Waals surface area (Å²) in [7, 11) is -4.56. The summed E-state index contributed by atoms with van der Waals surface area (Å²) in [5, 5.41) is 14.1. The van der Waals surface area contributed by atoms with Gasteiger partial charge >= 0.3 is 12.1 Å². The molecular weight excluding hydrogens is 567 g/mol. The van der Waals surface area contributed by atoms with Gasteiger partial charge in [-0.25, -0.2) is 8.42 Å². The van der Waals surface area contributed by atoms with E-state index in [4.69, 9.17) is 14.6 Å². The quantitative estimate of drug-likeness (QED) is 0.262. The van der Waals surface area contributed by atoms with E-state index < -0.39 is 45.9 Å². The lowest BCUT2D eigenvalue weighted by Crippen LogP contribution is -2.37. The number of aliphatic carboxylic acids is 1. The van der Waals surface area contributed by atoms with Crippen LogP contribution >= 0.6 is 0 Å². The summed E-state index contributed by atoms with van der Waals surface area (Å²) in [6.07, 6.45) is -4.78. The van der Waals surface area contributed by atoms with Gasteiger partial charge < -0.3 is 14.6 Å². The van der Waals surface area contributed by atoms with Gasteiger partial charge in [-0.1, -0.05) is 44.2 Å². The number of aromatic nitrogens is 2. The van der Waals surface area contributed by atoms with Crippen LogP contribution in [-0.4, -0.2) is 46.5 Å². The fourth-order valence-electron chi connectivity index (χ4n) is 4.38. The number of carbonyl (C=O) groups excluding carboxylic acids is 1. The number of hydrogen-bond acceptors (Lipinski definition) is 7. The highest BCUT2D eigenvalue weighted by atomic mass is 32.2. The summed E-state index contributed by atoms with van der Waals surface area (Å²) in [6.45, 7) is 3.76. The number of nitrogens with zero attached hydrogens (tertiary/aromatic N) is 2. The fraction of sp³-hybridized carbons (Fsp3) is 0.370. The third-order valence-electron chi connectivity index (χ3n) is 6.37. The first-order valence-corrected chi connectivity index (χ1v) is 14.2. The van der Waals surface area contributed by atoms with E-state index in [9.17, 15) is 31.2 Å². The van der Waals surface area contributed by atoms with Crippen LogP contribution in [0.5, 0.6) is 11.6 Å². The molecule has 2 N–H and O–H groups in total. The van der Waals surface area contributed by atoms with Crippen LogP contribution in [0.3, 0.4) is 0 Å². The predicted octanol–water partition coefficient (Wildman–Crippen LogP) is 5.50. The molecule has 2 aromatic carbocycles. The van der Waals surface area contributed by atoms with Crippen molar-refractivity contribution in [1.29, 1.82) is 0 Å². The van der Waals surface area contributed by atoms with Crippen molar-refractivity contribution in [2.45, 2.75) is 62.7 Å². The minimum absolute atomic E-state index is 0.0347. The highest BCUT2D eigenvalue weighted by molar-refractivity contribution is 7.90. The van der Waals surface area contributed by atoms with Crippen LogP contribution in [0.2, 0.25) is 0 Å². The average Bonchev–Trinajstić information content (AvgIpc) is 3.46. The summed E-state index contributed by atoms with van der Waals surface area (Å²) in [5.74, 6) is -2.43. The molecule has 0 aliphatic carbocycles. The molecule has 220 valence electrons. The Hall–Kier alpha value is -4.07. The molecule has 4 rings (SSSR count). The van der Waals surface area contributed by atoms with Crippen molar-refractivity contribution in [3.05, 3.63) is 70.9 Å². The number of ether oxygens (including phenoxy) is 2. The van der Waals surface area contributed by atoms with Crippen LogP contribution in [0.15, 0.2) is 53.4 Å². The van der Waals surface area contributed by atoms with Gasteiger partial charge in [0.15, 0.2) is 0 Å². The molecule has 14 heteroatoms. The highest BCUT2D eigenvalue weighted by Gasteiger charge is 2.49. The zero-order valence-corrected chi connectivity index (χ0v) is 23.0. The normalized spacial score (nSPS) is 15.2. The van der Waals surface area contributed by atoms with E-state index in [-0.39, 0.29) is 40.7 Å². The van der Waals surface area contributed by atoms with Gasteiger partial charge in [-0.15, -0.1) is 5.10 Å². The number of rotatable bonds is 12. The lowest BCUT2D eigenvalue weighted by Gasteiger charge is -2.26. The van der Waals surface area contributed by atoms with Gasteiger partial charge in [0.25, 0.3) is 15.9 Å². The first-order chi connectivity index (χ1) is 19.3. The number of halogens is 3. The number of benzene rings is 2. The average molecular weight is 596 g/mol. The second-order valence-electron chi connectivity index (χ2n) is 9.70. The molecule has 0 bridgehead atoms. The number of H-pyrrole nitrogens is 1. The molecule has 10 nitrogen and oxygen atoms in total. The zero-order chi connectivity index (χ0) is 29.9. The Labute approximate surface area is 234 Å². The maximum absolute atomic E-state index is 13.9. The summed E-state index contributed by atoms with van der Waals surface area (Å²) >= 11 is 0. The van der Waals surface area contributed by atoms with Gasteiger partial charge in [0.2, 0.25) is 12.1 Å². The van der Waals surface area contributed by atoms with Crippen molar-refractivity contribution in [2.24, 2.45) is 0 Å². The molecule has 41 heavy (non-hydrogen) atoms. The summed E-state index contributed by atoms with van der Waals surface area (Å²) < 4.78 is 79.1. The van der Waals surface area contributed by atoms with Crippen molar-refractivity contribution >= 4 is 21.9 Å². The minimum Gasteiger partial charge on any atom is -0.494 e. The van der Waals surface area contributed by atoms with E-state index in [1.807, 2.05) is 5.10 Å². The number of unbranched alkanes of at least 4 members (excludes halogenated alkanes) is 2. The minimum atomic E-state index is -4.75. The van der Waals surface area contributed by atoms with E-state index >= 15 is 0 Å². The maximum Gasteiger partial charge on any atom is 0.432 e. The number of hydrogen-bond donors (Lipinski definition) is 2. The van der Waals surface area contributed by atoms with Crippen LogP contribution in [0, 0.1) is 0 Å². The van der Waals surface area contributed by atoms with Gasteiger partial charge in [0.1, 0.15) is 16.3 Å². The number of carboxylic acids is 1. The third-order valence-corrected chi connectivity index (χ3v) is 8.13. The number of nitrogens with one attached hydrogen (secondary N) is 1. The molecule has 1 aliphatic rings. The first kappa shape index (κ1) is 29.9. The largest absolute Gasteiger partial charge is 0.494 e. The van der Waals surface area contributed by atoms with Gasteiger partial charge in [0.05, 0.1) is 12.2 Å². The lowest BCUT2D eigenvalue weighted by atomic mass is 9.96. The van der Waals surface area contributed by atoms with Crippen molar-refractivity contribution in [2.75, 3.05) is 6.61 Å². The van der Waals surface area contributed by atoms with Gasteiger partial charge in [-0.3, -0.25) is 14.7 Å². The Bertz CT molecular complexity index is 1520. The number of sulfonamides is 1. The second kappa shape index (κ2) is 11.8. The standard InChI is InChI=1S/C27H28F3N3O7S/c1-16(2)19-13-18(39-12-8-4-7-11-23(34)35)14-20-24(19)25(36)33(41(20,37)38)26(17-9-5-3-6-10-17)40-22-15-21(31-32-22)27(28,29)30/h3,5-6,9-10,13-16,26H,4,7-8,11-12H2,1-2H3,(H,31,32)(H,34,35). The number of carbonyl (C=O) groups is 2. The molecule has 3 aromatic rings. The molecule has 1 aromatic heterocycles. The zero-order valence-electron chi connectivity index (χ0n) is 22.1. The van der Waals surface area contributed by atoms with E-state index in [1.165, 1.54) is 18.2 Å². The number of amides is 1. The topological polar surface area (TPSA) is 139 Å². The van der Waals surface area contributed by atoms with Gasteiger partial charge in [-0.05, 0) is 36.8 Å². The Morgan fingerprint density at radius 2 is 1.80 bits per heavy atom. The summed E-state index contributed by atoms with van der Waals surface area (Å²) in [4.78, 5) is 24.1. The van der Waals surface area contributed by atoms with Crippen LogP contribution < -0.4 is 9.47 Å². The van der Waals surface area contributed by atoms with Crippen LogP contribution in [0.25, 0.3) is 0 Å². The smallest absolute Gasteiger partial charge is 0.432 e. The highest BCUT2D eigenvalue weighted by Crippen LogP contribution is 2.43. The van der Waals surface area contributed by atoms with Gasteiger partial charge in [-0.2, -0.15) is 17.5 Å². The molecule has 0 saturated carbocycles. The van der Waals surface area contributed by atoms with E-state index in [0.717, 1.165) is 0 Å². The van der Waals surface area contributed by atoms with E-state index in [2.05, 4.69) is 5.10 Å². The van der Waals surface area contributed by atoms with E-state index in [1.54, 1.807) is 38.1 Å². The second-order valence-corrected chi connectivity index (χ2v) is 11.5. The number of alkyl halides is 3. The molecular formula is C27H28F3N3O7S. The molecule has 0 radical (unpaired) electrons. The maximum atomic E-state index is 13.9. The monoisotopic (exact) mass is 595 g/mol. The Morgan fingerprint density at radius 1 is 1.10 bits per heavy atom. The number of carboxylic acid groups (broad SMARTS) is 1. The summed E-state index contributed by atoms with van der Waals surface area (Å²) in [5.41, 5.74) is -0.676. The molecule has 1 aliphatic heterocycles. The van der Waals surface area contributed by atoms with Crippen LogP contribution in [0.1, 0.15) is 78.9 Å². The van der Waals surface area contributed by atoms with Crippen molar-refractivity contribution in [1.82, 2.24) is 14.5 Å². The fourth-order valence-corrected chi connectivity index (χ4v) is 6.04. The molecule has 0 spiro atoms. The molecule has 0 saturated heterocycles. The Morgan fingerprint density at radius 3 is 2.41 bits per heavy atom. The van der Waals surface area contributed by atoms with Gasteiger partial charge in [0, 0.05) is 24.1 Å². The predicted molar refractivity (Wildman–Crippen MR) is 139 cm³/mol. The molecule has 1 unspecified atom stereocenters. The van der Waals surface area contributed by atoms with Crippen molar-refractivity contribution in [3.8, 4) is 11.6 Å². The molecule has 0 fully saturated rings. The van der Waals surface area contributed by atoms with Crippen molar-refractivity contribution < 1.29 is 45.8 Å². The number of fused-ring (bicyclic) bond motifs is 1. The summed E-state index contributed by atoms with van der Waals surface area (Å²) in [6, 6.07) is 11.2. The molecule has 1 atom stereocenters. The van der Waals surface area contributed by atoms with Crippen molar-refractivity contribution in [3.63, 3.8) is 0 Å². The molecule has 1 amide bonds.